The average molecular weight is 257 g/mol. The van der Waals surface area contributed by atoms with Crippen molar-refractivity contribution in [2.75, 3.05) is 19.3 Å². The molecule has 0 aromatic heterocycles. The highest BCUT2D eigenvalue weighted by Crippen LogP contribution is 2.22. The van der Waals surface area contributed by atoms with E-state index in [0.717, 1.165) is 23.9 Å². The zero-order valence-electron chi connectivity index (χ0n) is 11.4. The van der Waals surface area contributed by atoms with Crippen molar-refractivity contribution in [3.05, 3.63) is 0 Å². The van der Waals surface area contributed by atoms with Gasteiger partial charge < -0.3 is 10.2 Å². The van der Waals surface area contributed by atoms with Crippen LogP contribution in [0.15, 0.2) is 4.99 Å². The predicted octanol–water partition coefficient (Wildman–Crippen LogP) is 1.71. The quantitative estimate of drug-likeness (QED) is 0.837. The van der Waals surface area contributed by atoms with Crippen molar-refractivity contribution < 1.29 is 4.79 Å². The van der Waals surface area contributed by atoms with E-state index in [2.05, 4.69) is 24.2 Å². The number of aliphatic imine (C=N–C) groups is 1. The van der Waals surface area contributed by atoms with Crippen LogP contribution in [0.4, 0.5) is 0 Å². The van der Waals surface area contributed by atoms with Crippen LogP contribution in [0.1, 0.15) is 34.1 Å². The van der Waals surface area contributed by atoms with Gasteiger partial charge in [-0.05, 0) is 34.1 Å². The molecule has 1 fully saturated rings. The summed E-state index contributed by atoms with van der Waals surface area (Å²) in [4.78, 5) is 18.1. The molecular formula is C12H23N3OS. The number of amides is 1. The van der Waals surface area contributed by atoms with Crippen LogP contribution in [0.5, 0.6) is 0 Å². The van der Waals surface area contributed by atoms with Crippen LogP contribution in [0.3, 0.4) is 0 Å². The minimum Gasteiger partial charge on any atom is -0.360 e. The summed E-state index contributed by atoms with van der Waals surface area (Å²) >= 11 is 1.70. The van der Waals surface area contributed by atoms with Crippen molar-refractivity contribution in [2.45, 2.75) is 45.7 Å². The number of amidine groups is 1. The largest absolute Gasteiger partial charge is 0.360 e. The summed E-state index contributed by atoms with van der Waals surface area (Å²) in [5.74, 6) is 1.13. The monoisotopic (exact) mass is 257 g/mol. The highest BCUT2D eigenvalue weighted by Gasteiger charge is 2.25. The van der Waals surface area contributed by atoms with Crippen LogP contribution in [-0.2, 0) is 4.79 Å². The summed E-state index contributed by atoms with van der Waals surface area (Å²) in [5, 5.41) is 4.27. The minimum absolute atomic E-state index is 0.0748. The normalized spacial score (nSPS) is 23.0. The number of carbonyl (C=O) groups excluding carboxylic acids is 1. The number of carbonyl (C=O) groups is 1. The molecule has 1 saturated heterocycles. The van der Waals surface area contributed by atoms with Gasteiger partial charge in [-0.25, -0.2) is 4.99 Å². The van der Waals surface area contributed by atoms with E-state index in [1.54, 1.807) is 16.7 Å². The molecule has 1 heterocycles. The van der Waals surface area contributed by atoms with Gasteiger partial charge in [-0.1, -0.05) is 11.8 Å². The smallest absolute Gasteiger partial charge is 0.246 e. The lowest BCUT2D eigenvalue weighted by Crippen LogP contribution is -2.47. The molecular weight excluding hydrogens is 234 g/mol. The number of thioether (sulfide) groups is 1. The fourth-order valence-corrected chi connectivity index (χ4v) is 2.95. The number of likely N-dealkylation sites (N-methyl/N-ethyl adjacent to an activating group) is 1. The molecule has 1 N–H and O–H groups in total. The van der Waals surface area contributed by atoms with E-state index >= 15 is 0 Å². The zero-order valence-corrected chi connectivity index (χ0v) is 12.2. The van der Waals surface area contributed by atoms with Crippen LogP contribution in [-0.4, -0.2) is 46.9 Å². The van der Waals surface area contributed by atoms with Crippen LogP contribution < -0.4 is 5.32 Å². The van der Waals surface area contributed by atoms with E-state index < -0.39 is 0 Å². The first-order valence-electron chi connectivity index (χ1n) is 6.09. The summed E-state index contributed by atoms with van der Waals surface area (Å²) < 4.78 is 0. The molecule has 0 radical (unpaired) electrons. The maximum Gasteiger partial charge on any atom is 0.246 e. The Bertz CT molecular complexity index is 315. The van der Waals surface area contributed by atoms with Gasteiger partial charge in [0.1, 0.15) is 6.04 Å². The number of nitrogens with zero attached hydrogens (tertiary/aromatic N) is 2. The molecule has 98 valence electrons. The average Bonchev–Trinajstić information content (AvgIpc) is 2.25. The first kappa shape index (κ1) is 14.4. The van der Waals surface area contributed by atoms with Crippen LogP contribution in [0.2, 0.25) is 0 Å². The fraction of sp³-hybridized carbons (Fsp3) is 0.833. The summed E-state index contributed by atoms with van der Waals surface area (Å²) in [6.07, 6.45) is 1.12. The Morgan fingerprint density at radius 3 is 2.82 bits per heavy atom. The highest BCUT2D eigenvalue weighted by molar-refractivity contribution is 8.13. The number of hydrogen-bond acceptors (Lipinski definition) is 3. The lowest BCUT2D eigenvalue weighted by atomic mass is 10.0. The van der Waals surface area contributed by atoms with Gasteiger partial charge in [0, 0.05) is 24.9 Å². The van der Waals surface area contributed by atoms with Crippen LogP contribution >= 0.6 is 11.8 Å². The second-order valence-electron chi connectivity index (χ2n) is 5.07. The summed E-state index contributed by atoms with van der Waals surface area (Å²) in [6, 6.07) is -0.302. The Morgan fingerprint density at radius 1 is 1.65 bits per heavy atom. The third-order valence-corrected chi connectivity index (χ3v) is 3.82. The van der Waals surface area contributed by atoms with Gasteiger partial charge in [0.05, 0.1) is 0 Å². The molecule has 0 aliphatic carbocycles. The molecule has 1 amide bonds. The van der Waals surface area contributed by atoms with Gasteiger partial charge in [0.2, 0.25) is 5.91 Å². The van der Waals surface area contributed by atoms with Crippen molar-refractivity contribution in [3.63, 3.8) is 0 Å². The van der Waals surface area contributed by atoms with Gasteiger partial charge in [0.25, 0.3) is 0 Å². The van der Waals surface area contributed by atoms with Crippen LogP contribution in [0, 0.1) is 0 Å². The summed E-state index contributed by atoms with van der Waals surface area (Å²) in [7, 11) is 1.81. The number of nitrogens with one attached hydrogen (secondary N) is 1. The molecule has 1 aliphatic rings. The van der Waals surface area contributed by atoms with Crippen molar-refractivity contribution in [2.24, 2.45) is 4.99 Å². The topological polar surface area (TPSA) is 44.7 Å². The lowest BCUT2D eigenvalue weighted by Gasteiger charge is -2.32. The van der Waals surface area contributed by atoms with Crippen molar-refractivity contribution >= 4 is 22.8 Å². The van der Waals surface area contributed by atoms with Gasteiger partial charge in [-0.2, -0.15) is 0 Å². The van der Waals surface area contributed by atoms with Crippen molar-refractivity contribution in [3.8, 4) is 0 Å². The molecule has 5 heteroatoms. The Hall–Kier alpha value is -0.710. The van der Waals surface area contributed by atoms with E-state index in [4.69, 9.17) is 0 Å². The van der Waals surface area contributed by atoms with E-state index in [1.165, 1.54) is 0 Å². The standard InChI is InChI=1S/C12H23N3OS/c1-6-15(5)10(16)9(2)13-11-14-12(3,4)7-8-17-11/h9H,6-8H2,1-5H3,(H,13,14). The third kappa shape index (κ3) is 4.22. The first-order valence-corrected chi connectivity index (χ1v) is 7.08. The maximum absolute atomic E-state index is 11.9. The second kappa shape index (κ2) is 5.76. The molecule has 0 saturated carbocycles. The number of rotatable bonds is 3. The molecule has 17 heavy (non-hydrogen) atoms. The lowest BCUT2D eigenvalue weighted by molar-refractivity contribution is -0.130. The molecule has 0 bridgehead atoms. The minimum atomic E-state index is -0.302. The zero-order chi connectivity index (χ0) is 13.1. The third-order valence-electron chi connectivity index (χ3n) is 2.93. The summed E-state index contributed by atoms with van der Waals surface area (Å²) in [5.41, 5.74) is 0.0868. The van der Waals surface area contributed by atoms with Gasteiger partial charge in [-0.3, -0.25) is 4.79 Å². The Kier molecular flexibility index (Phi) is 4.86. The first-order chi connectivity index (χ1) is 7.85. The Labute approximate surface area is 108 Å². The molecule has 1 unspecified atom stereocenters. The van der Waals surface area contributed by atoms with Gasteiger partial charge in [-0.15, -0.1) is 0 Å². The van der Waals surface area contributed by atoms with Gasteiger partial charge in [0.15, 0.2) is 5.17 Å². The van der Waals surface area contributed by atoms with Crippen molar-refractivity contribution in [1.29, 1.82) is 0 Å². The molecule has 1 atom stereocenters. The SMILES string of the molecule is CCN(C)C(=O)C(C)N=C1NC(C)(C)CCS1. The Balaban J connectivity index is 2.65. The maximum atomic E-state index is 11.9. The van der Waals surface area contributed by atoms with E-state index in [-0.39, 0.29) is 17.5 Å². The molecule has 4 nitrogen and oxygen atoms in total. The second-order valence-corrected chi connectivity index (χ2v) is 6.15. The van der Waals surface area contributed by atoms with E-state index in [0.29, 0.717) is 0 Å². The molecule has 1 aliphatic heterocycles. The Morgan fingerprint density at radius 2 is 2.29 bits per heavy atom. The predicted molar refractivity (Wildman–Crippen MR) is 74.5 cm³/mol. The molecule has 0 aromatic rings. The highest BCUT2D eigenvalue weighted by atomic mass is 32.2. The van der Waals surface area contributed by atoms with Gasteiger partial charge >= 0.3 is 0 Å². The van der Waals surface area contributed by atoms with Crippen molar-refractivity contribution in [1.82, 2.24) is 10.2 Å². The van der Waals surface area contributed by atoms with E-state index in [9.17, 15) is 4.79 Å². The van der Waals surface area contributed by atoms with Crippen LogP contribution in [0.25, 0.3) is 0 Å². The molecule has 1 rings (SSSR count). The summed E-state index contributed by atoms with van der Waals surface area (Å²) in [6.45, 7) is 8.86. The van der Waals surface area contributed by atoms with E-state index in [1.807, 2.05) is 20.9 Å². The number of hydrogen-bond donors (Lipinski definition) is 1. The fourth-order valence-electron chi connectivity index (χ4n) is 1.57. The molecule has 0 spiro atoms. The molecule has 0 aromatic carbocycles.